The molecule has 0 bridgehead atoms. The van der Waals surface area contributed by atoms with E-state index in [-0.39, 0.29) is 19.4 Å². The number of rotatable bonds is 14. The molecule has 0 heterocycles. The number of amides is 1. The van der Waals surface area contributed by atoms with Crippen molar-refractivity contribution in [1.82, 2.24) is 5.32 Å². The topological polar surface area (TPSA) is 86.3 Å². The van der Waals surface area contributed by atoms with Crippen molar-refractivity contribution in [2.24, 2.45) is 0 Å². The monoisotopic (exact) mass is 543 g/mol. The normalized spacial score (nSPS) is 11.7. The molecule has 0 unspecified atom stereocenters. The van der Waals surface area contributed by atoms with E-state index in [1.165, 1.54) is 14.2 Å². The van der Waals surface area contributed by atoms with Crippen LogP contribution in [0, 0.1) is 0 Å². The molecule has 4 aromatic carbocycles. The summed E-state index contributed by atoms with van der Waals surface area (Å²) in [6, 6.07) is 28.0. The van der Waals surface area contributed by atoms with E-state index in [2.05, 4.69) is 5.32 Å². The second-order valence-electron chi connectivity index (χ2n) is 8.97. The zero-order valence-electron chi connectivity index (χ0n) is 24.7. The molecule has 1 amide bonds. The van der Waals surface area contributed by atoms with E-state index in [4.69, 9.17) is 21.7 Å². The van der Waals surface area contributed by atoms with Crippen LogP contribution in [-0.4, -0.2) is 31.7 Å². The van der Waals surface area contributed by atoms with Crippen molar-refractivity contribution >= 4 is 5.91 Å². The molecule has 2 N–H and O–H groups in total. The Labute approximate surface area is 238 Å². The van der Waals surface area contributed by atoms with E-state index in [1.807, 2.05) is 60.7 Å². The molecule has 0 fully saturated rings. The van der Waals surface area contributed by atoms with Crippen LogP contribution in [0.25, 0.3) is 0 Å². The van der Waals surface area contributed by atoms with E-state index >= 15 is 0 Å². The predicted octanol–water partition coefficient (Wildman–Crippen LogP) is 5.26. The van der Waals surface area contributed by atoms with Crippen LogP contribution in [0.15, 0.2) is 91.0 Å². The van der Waals surface area contributed by atoms with Gasteiger partial charge in [0.15, 0.2) is 23.0 Å². The summed E-state index contributed by atoms with van der Waals surface area (Å²) in [5.74, 6) is 1.11. The first-order valence-corrected chi connectivity index (χ1v) is 12.9. The summed E-state index contributed by atoms with van der Waals surface area (Å²) in [6.07, 6.45) is -0.311. The first-order chi connectivity index (χ1) is 20.3. The minimum atomic E-state index is -2.09. The van der Waals surface area contributed by atoms with E-state index in [1.54, 1.807) is 30.3 Å². The lowest BCUT2D eigenvalue weighted by Gasteiger charge is -2.17. The van der Waals surface area contributed by atoms with Gasteiger partial charge in [0, 0.05) is 14.8 Å². The van der Waals surface area contributed by atoms with Gasteiger partial charge in [-0.15, -0.1) is 0 Å². The van der Waals surface area contributed by atoms with Crippen molar-refractivity contribution in [3.8, 4) is 23.0 Å². The van der Waals surface area contributed by atoms with Gasteiger partial charge in [-0.2, -0.15) is 0 Å². The first kappa shape index (κ1) is 25.8. The summed E-state index contributed by atoms with van der Waals surface area (Å²) in [4.78, 5) is 13.0. The number of hydrogen-bond donors (Lipinski definition) is 2. The SMILES string of the molecule is [2H]C([2H])(Cc1cccc(OCc2ccccc2)c1OC)NC(=O)Cc1ccc(OCc2ccccc2)c(OC)c1CO. The summed E-state index contributed by atoms with van der Waals surface area (Å²) in [5.41, 5.74) is 3.42. The molecular weight excluding hydrogens is 506 g/mol. The Morgan fingerprint density at radius 1 is 0.750 bits per heavy atom. The fourth-order valence-electron chi connectivity index (χ4n) is 4.30. The van der Waals surface area contributed by atoms with E-state index in [0.29, 0.717) is 52.9 Å². The molecule has 0 aliphatic rings. The minimum absolute atomic E-state index is 0.146. The van der Waals surface area contributed by atoms with E-state index in [0.717, 1.165) is 11.1 Å². The number of para-hydroxylation sites is 1. The molecule has 0 radical (unpaired) electrons. The number of carbonyl (C=O) groups is 1. The summed E-state index contributed by atoms with van der Waals surface area (Å²) in [5, 5.41) is 12.6. The maximum Gasteiger partial charge on any atom is 0.224 e. The first-order valence-electron chi connectivity index (χ1n) is 13.9. The van der Waals surface area contributed by atoms with Gasteiger partial charge in [0.05, 0.1) is 27.2 Å². The Bertz CT molecular complexity index is 1460. The Hall–Kier alpha value is -4.49. The van der Waals surface area contributed by atoms with Crippen molar-refractivity contribution in [3.05, 3.63) is 119 Å². The zero-order valence-corrected chi connectivity index (χ0v) is 22.7. The number of benzene rings is 4. The van der Waals surface area contributed by atoms with Crippen LogP contribution in [0.1, 0.15) is 30.6 Å². The average molecular weight is 544 g/mol. The van der Waals surface area contributed by atoms with Gasteiger partial charge in [-0.1, -0.05) is 78.9 Å². The third kappa shape index (κ3) is 7.55. The smallest absolute Gasteiger partial charge is 0.224 e. The average Bonchev–Trinajstić information content (AvgIpc) is 2.99. The highest BCUT2D eigenvalue weighted by Gasteiger charge is 2.17. The van der Waals surface area contributed by atoms with Crippen LogP contribution in [0.2, 0.25) is 0 Å². The number of methoxy groups -OCH3 is 2. The lowest BCUT2D eigenvalue weighted by molar-refractivity contribution is -0.120. The van der Waals surface area contributed by atoms with Crippen molar-refractivity contribution < 1.29 is 31.6 Å². The zero-order chi connectivity index (χ0) is 30.0. The summed E-state index contributed by atoms with van der Waals surface area (Å²) < 4.78 is 40.0. The quantitative estimate of drug-likeness (QED) is 0.226. The highest BCUT2D eigenvalue weighted by atomic mass is 16.5. The third-order valence-electron chi connectivity index (χ3n) is 6.28. The molecule has 7 heteroatoms. The van der Waals surface area contributed by atoms with Crippen molar-refractivity contribution in [1.29, 1.82) is 0 Å². The Balaban J connectivity index is 1.43. The lowest BCUT2D eigenvalue weighted by Crippen LogP contribution is -2.27. The van der Waals surface area contributed by atoms with Crippen LogP contribution in [0.3, 0.4) is 0 Å². The van der Waals surface area contributed by atoms with Gasteiger partial charge in [0.25, 0.3) is 0 Å². The fraction of sp³-hybridized carbons (Fsp3) is 0.242. The van der Waals surface area contributed by atoms with Crippen molar-refractivity contribution in [2.75, 3.05) is 20.7 Å². The minimum Gasteiger partial charge on any atom is -0.493 e. The van der Waals surface area contributed by atoms with Gasteiger partial charge in [0.2, 0.25) is 5.91 Å². The van der Waals surface area contributed by atoms with Crippen LogP contribution in [0.5, 0.6) is 23.0 Å². The number of aryl methyl sites for hydroxylation is 1. The Kier molecular flexibility index (Phi) is 9.41. The number of aliphatic hydroxyl groups excluding tert-OH is 1. The molecular formula is C33H35NO6. The number of hydrogen-bond acceptors (Lipinski definition) is 6. The number of carbonyl (C=O) groups excluding carboxylic acids is 1. The Morgan fingerprint density at radius 3 is 1.93 bits per heavy atom. The number of aliphatic hydroxyl groups is 1. The Morgan fingerprint density at radius 2 is 1.35 bits per heavy atom. The molecule has 0 spiro atoms. The molecule has 208 valence electrons. The molecule has 4 rings (SSSR count). The maximum atomic E-state index is 13.0. The van der Waals surface area contributed by atoms with E-state index in [9.17, 15) is 9.90 Å². The van der Waals surface area contributed by atoms with Gasteiger partial charge in [-0.05, 0) is 40.8 Å². The third-order valence-corrected chi connectivity index (χ3v) is 6.28. The molecule has 0 atom stereocenters. The molecule has 4 aromatic rings. The molecule has 0 aromatic heterocycles. The maximum absolute atomic E-state index is 13.0. The van der Waals surface area contributed by atoms with Crippen LogP contribution >= 0.6 is 0 Å². The van der Waals surface area contributed by atoms with Gasteiger partial charge in [0.1, 0.15) is 13.2 Å². The lowest BCUT2D eigenvalue weighted by atomic mass is 10.0. The molecule has 7 nitrogen and oxygen atoms in total. The highest BCUT2D eigenvalue weighted by molar-refractivity contribution is 5.79. The fourth-order valence-corrected chi connectivity index (χ4v) is 4.30. The predicted molar refractivity (Wildman–Crippen MR) is 154 cm³/mol. The second kappa shape index (κ2) is 14.6. The van der Waals surface area contributed by atoms with Gasteiger partial charge < -0.3 is 29.4 Å². The summed E-state index contributed by atoms with van der Waals surface area (Å²) in [7, 11) is 2.97. The largest absolute Gasteiger partial charge is 0.493 e. The van der Waals surface area contributed by atoms with Crippen molar-refractivity contribution in [3.63, 3.8) is 0 Å². The molecule has 40 heavy (non-hydrogen) atoms. The molecule has 0 aliphatic heterocycles. The van der Waals surface area contributed by atoms with Crippen LogP contribution in [-0.2, 0) is 37.5 Å². The standard InChI is InChI=1S/C33H35NO6/c1-37-32-26(14-9-15-29(32)39-22-24-10-5-3-6-11-24)18-19-34-31(36)20-27-16-17-30(33(38-2)28(27)21-35)40-23-25-12-7-4-8-13-25/h3-17,35H,18-23H2,1-2H3,(H,34,36)/i19D2. The van der Waals surface area contributed by atoms with Gasteiger partial charge >= 0.3 is 0 Å². The second-order valence-corrected chi connectivity index (χ2v) is 8.97. The van der Waals surface area contributed by atoms with Crippen molar-refractivity contribution in [2.45, 2.75) is 32.7 Å². The molecule has 0 aliphatic carbocycles. The summed E-state index contributed by atoms with van der Waals surface area (Å²) >= 11 is 0. The summed E-state index contributed by atoms with van der Waals surface area (Å²) in [6.45, 7) is -1.83. The van der Waals surface area contributed by atoms with Gasteiger partial charge in [-0.3, -0.25) is 4.79 Å². The molecule has 0 saturated heterocycles. The van der Waals surface area contributed by atoms with Gasteiger partial charge in [-0.25, -0.2) is 0 Å². The highest BCUT2D eigenvalue weighted by Crippen LogP contribution is 2.35. The van der Waals surface area contributed by atoms with E-state index < -0.39 is 12.4 Å². The number of nitrogens with one attached hydrogen (secondary N) is 1. The van der Waals surface area contributed by atoms with Crippen LogP contribution < -0.4 is 24.3 Å². The number of ether oxygens (including phenoxy) is 4. The molecule has 0 saturated carbocycles. The van der Waals surface area contributed by atoms with Crippen LogP contribution in [0.4, 0.5) is 0 Å².